The highest BCUT2D eigenvalue weighted by Crippen LogP contribution is 2.19. The molecule has 0 atom stereocenters. The summed E-state index contributed by atoms with van der Waals surface area (Å²) in [7, 11) is 0. The second-order valence-electron chi connectivity index (χ2n) is 2.98. The molecule has 1 aromatic carbocycles. The van der Waals surface area contributed by atoms with Crippen molar-refractivity contribution in [3.63, 3.8) is 0 Å². The lowest BCUT2D eigenvalue weighted by Crippen LogP contribution is -1.89. The summed E-state index contributed by atoms with van der Waals surface area (Å²) in [5, 5.41) is 0.128. The largest absolute Gasteiger partial charge is 0.398 e. The molecule has 2 N–H and O–H groups in total. The maximum atomic E-state index is 10.7. The molecule has 2 nitrogen and oxygen atoms in total. The molecule has 0 fully saturated rings. The minimum atomic E-state index is 0.128. The maximum Gasteiger partial charge on any atom is 0.186 e. The molecule has 0 saturated carbocycles. The summed E-state index contributed by atoms with van der Waals surface area (Å²) >= 11 is 4.63. The van der Waals surface area contributed by atoms with Crippen molar-refractivity contribution in [1.82, 2.24) is 0 Å². The summed E-state index contributed by atoms with van der Waals surface area (Å²) < 4.78 is 0.968. The van der Waals surface area contributed by atoms with Gasteiger partial charge in [-0.2, -0.15) is 0 Å². The maximum absolute atomic E-state index is 10.7. The van der Waals surface area contributed by atoms with E-state index in [9.17, 15) is 4.79 Å². The third-order valence-corrected chi connectivity index (χ3v) is 2.99. The number of halogens is 1. The van der Waals surface area contributed by atoms with E-state index >= 15 is 0 Å². The fourth-order valence-corrected chi connectivity index (χ4v) is 1.84. The van der Waals surface area contributed by atoms with Crippen molar-refractivity contribution in [3.05, 3.63) is 34.3 Å². The van der Waals surface area contributed by atoms with Gasteiger partial charge in [-0.05, 0) is 17.7 Å². The van der Waals surface area contributed by atoms with Crippen LogP contribution < -0.4 is 5.73 Å². The molecule has 0 radical (unpaired) electrons. The highest BCUT2D eigenvalue weighted by atomic mass is 79.9. The van der Waals surface area contributed by atoms with Crippen molar-refractivity contribution >= 4 is 44.6 Å². The van der Waals surface area contributed by atoms with Gasteiger partial charge in [0.1, 0.15) is 0 Å². The molecule has 0 aliphatic heterocycles. The average Bonchev–Trinajstić information content (AvgIpc) is 2.14. The fraction of sp³-hybridized carbons (Fsp3) is 0.182. The summed E-state index contributed by atoms with van der Waals surface area (Å²) in [6.45, 7) is 1.56. The Balaban J connectivity index is 2.60. The third kappa shape index (κ3) is 4.53. The molecule has 0 aliphatic carbocycles. The Morgan fingerprint density at radius 1 is 1.60 bits per heavy atom. The molecule has 0 saturated heterocycles. The van der Waals surface area contributed by atoms with Gasteiger partial charge >= 0.3 is 0 Å². The highest BCUT2D eigenvalue weighted by Gasteiger charge is 1.95. The summed E-state index contributed by atoms with van der Waals surface area (Å²) in [5.74, 6) is 0.685. The summed E-state index contributed by atoms with van der Waals surface area (Å²) in [6, 6.07) is 5.74. The van der Waals surface area contributed by atoms with Crippen molar-refractivity contribution in [1.29, 1.82) is 0 Å². The quantitative estimate of drug-likeness (QED) is 0.867. The van der Waals surface area contributed by atoms with Crippen LogP contribution in [0.3, 0.4) is 0 Å². The molecular formula is C11H12BrNOS. The second-order valence-corrected chi connectivity index (χ2v) is 5.09. The molecule has 0 unspecified atom stereocenters. The van der Waals surface area contributed by atoms with E-state index in [4.69, 9.17) is 5.73 Å². The lowest BCUT2D eigenvalue weighted by Gasteiger charge is -2.00. The van der Waals surface area contributed by atoms with E-state index in [-0.39, 0.29) is 5.12 Å². The fourth-order valence-electron chi connectivity index (χ4n) is 1.04. The van der Waals surface area contributed by atoms with Gasteiger partial charge in [-0.25, -0.2) is 0 Å². The SMILES string of the molecule is CC(=O)SCC=Cc1ccc(Br)cc1N. The Bertz CT molecular complexity index is 390. The molecule has 4 heteroatoms. The molecule has 1 aromatic rings. The number of nitrogens with two attached hydrogens (primary N) is 1. The van der Waals surface area contributed by atoms with Crippen LogP contribution in [0, 0.1) is 0 Å². The van der Waals surface area contributed by atoms with Crippen LogP contribution in [-0.4, -0.2) is 10.9 Å². The summed E-state index contributed by atoms with van der Waals surface area (Å²) in [4.78, 5) is 10.7. The number of nitrogen functional groups attached to an aromatic ring is 1. The van der Waals surface area contributed by atoms with E-state index in [1.807, 2.05) is 30.4 Å². The van der Waals surface area contributed by atoms with Crippen LogP contribution in [0.5, 0.6) is 0 Å². The minimum Gasteiger partial charge on any atom is -0.398 e. The van der Waals surface area contributed by atoms with Crippen LogP contribution in [0.1, 0.15) is 12.5 Å². The number of rotatable bonds is 3. The van der Waals surface area contributed by atoms with E-state index in [0.717, 1.165) is 15.7 Å². The molecule has 1 rings (SSSR count). The summed E-state index contributed by atoms with van der Waals surface area (Å²) in [6.07, 6.45) is 3.86. The van der Waals surface area contributed by atoms with Gasteiger partial charge in [0.05, 0.1) is 0 Å². The van der Waals surface area contributed by atoms with Crippen molar-refractivity contribution in [2.45, 2.75) is 6.92 Å². The van der Waals surface area contributed by atoms with Crippen molar-refractivity contribution in [3.8, 4) is 0 Å². The van der Waals surface area contributed by atoms with Gasteiger partial charge in [0, 0.05) is 22.8 Å². The molecule has 15 heavy (non-hydrogen) atoms. The number of hydrogen-bond donors (Lipinski definition) is 1. The monoisotopic (exact) mass is 285 g/mol. The van der Waals surface area contributed by atoms with Gasteiger partial charge in [0.15, 0.2) is 5.12 Å². The Morgan fingerprint density at radius 3 is 2.93 bits per heavy atom. The van der Waals surface area contributed by atoms with Crippen LogP contribution in [0.15, 0.2) is 28.7 Å². The molecule has 0 amide bonds. The normalized spacial score (nSPS) is 10.8. The van der Waals surface area contributed by atoms with Gasteiger partial charge < -0.3 is 5.73 Å². The van der Waals surface area contributed by atoms with E-state index in [1.54, 1.807) is 6.92 Å². The van der Waals surface area contributed by atoms with E-state index in [1.165, 1.54) is 11.8 Å². The van der Waals surface area contributed by atoms with Gasteiger partial charge in [-0.15, -0.1) is 0 Å². The highest BCUT2D eigenvalue weighted by molar-refractivity contribution is 9.10. The van der Waals surface area contributed by atoms with Crippen LogP contribution in [-0.2, 0) is 4.79 Å². The van der Waals surface area contributed by atoms with Gasteiger partial charge in [0.2, 0.25) is 0 Å². The third-order valence-electron chi connectivity index (χ3n) is 1.73. The first-order chi connectivity index (χ1) is 7.09. The van der Waals surface area contributed by atoms with E-state index in [2.05, 4.69) is 15.9 Å². The Labute approximate surface area is 102 Å². The van der Waals surface area contributed by atoms with E-state index < -0.39 is 0 Å². The lowest BCUT2D eigenvalue weighted by atomic mass is 10.2. The first kappa shape index (κ1) is 12.3. The minimum absolute atomic E-state index is 0.128. The molecular weight excluding hydrogens is 274 g/mol. The number of thioether (sulfide) groups is 1. The second kappa shape index (κ2) is 5.98. The molecule has 0 bridgehead atoms. The Kier molecular flexibility index (Phi) is 4.91. The lowest BCUT2D eigenvalue weighted by molar-refractivity contribution is -0.109. The van der Waals surface area contributed by atoms with E-state index in [0.29, 0.717) is 5.75 Å². The molecule has 80 valence electrons. The number of hydrogen-bond acceptors (Lipinski definition) is 3. The van der Waals surface area contributed by atoms with Gasteiger partial charge in [-0.1, -0.05) is 45.9 Å². The smallest absolute Gasteiger partial charge is 0.186 e. The topological polar surface area (TPSA) is 43.1 Å². The molecule has 0 spiro atoms. The van der Waals surface area contributed by atoms with Gasteiger partial charge in [0.25, 0.3) is 0 Å². The summed E-state index contributed by atoms with van der Waals surface area (Å²) in [5.41, 5.74) is 7.51. The predicted octanol–water partition coefficient (Wildman–Crippen LogP) is 3.32. The number of carbonyl (C=O) groups excluding carboxylic acids is 1. The first-order valence-corrected chi connectivity index (χ1v) is 6.22. The Morgan fingerprint density at radius 2 is 2.33 bits per heavy atom. The zero-order valence-corrected chi connectivity index (χ0v) is 10.8. The molecule has 0 heterocycles. The standard InChI is InChI=1S/C11H12BrNOS/c1-8(14)15-6-2-3-9-4-5-10(12)7-11(9)13/h2-5,7H,6,13H2,1H3. The zero-order chi connectivity index (χ0) is 11.3. The molecule has 0 aliphatic rings. The van der Waals surface area contributed by atoms with Crippen molar-refractivity contribution in [2.75, 3.05) is 11.5 Å². The van der Waals surface area contributed by atoms with Crippen molar-refractivity contribution in [2.24, 2.45) is 0 Å². The van der Waals surface area contributed by atoms with Crippen LogP contribution in [0.4, 0.5) is 5.69 Å². The van der Waals surface area contributed by atoms with Crippen LogP contribution in [0.2, 0.25) is 0 Å². The predicted molar refractivity (Wildman–Crippen MR) is 70.7 cm³/mol. The first-order valence-electron chi connectivity index (χ1n) is 4.44. The van der Waals surface area contributed by atoms with Crippen molar-refractivity contribution < 1.29 is 4.79 Å². The number of benzene rings is 1. The average molecular weight is 286 g/mol. The van der Waals surface area contributed by atoms with Crippen LogP contribution in [0.25, 0.3) is 6.08 Å². The van der Waals surface area contributed by atoms with Gasteiger partial charge in [-0.3, -0.25) is 4.79 Å². The Hall–Kier alpha value is -0.740. The van der Waals surface area contributed by atoms with Crippen LogP contribution >= 0.6 is 27.7 Å². The number of carbonyl (C=O) groups is 1. The molecule has 0 aromatic heterocycles. The number of anilines is 1. The zero-order valence-electron chi connectivity index (χ0n) is 8.37.